The van der Waals surface area contributed by atoms with Crippen LogP contribution in [0.15, 0.2) is 24.3 Å². The van der Waals surface area contributed by atoms with Crippen LogP contribution in [0.5, 0.6) is 0 Å². The van der Waals surface area contributed by atoms with Crippen molar-refractivity contribution in [3.63, 3.8) is 0 Å². The standard InChI is InChI=1S/C15H17NO3S/c1-9(2)19-8-11-5-4-6-12(7-11)14-16-10(3)13(20-14)15(17)18/h4-7,9H,8H2,1-3H3,(H,17,18). The predicted molar refractivity (Wildman–Crippen MR) is 79.2 cm³/mol. The monoisotopic (exact) mass is 291 g/mol. The Morgan fingerprint density at radius 2 is 2.20 bits per heavy atom. The molecule has 5 heteroatoms. The van der Waals surface area contributed by atoms with E-state index in [0.717, 1.165) is 16.1 Å². The van der Waals surface area contributed by atoms with E-state index in [0.29, 0.717) is 17.2 Å². The van der Waals surface area contributed by atoms with Gasteiger partial charge in [-0.25, -0.2) is 9.78 Å². The maximum Gasteiger partial charge on any atom is 0.347 e. The van der Waals surface area contributed by atoms with Gasteiger partial charge in [0.05, 0.1) is 18.4 Å². The summed E-state index contributed by atoms with van der Waals surface area (Å²) in [5.41, 5.74) is 2.54. The van der Waals surface area contributed by atoms with Gasteiger partial charge in [-0.15, -0.1) is 11.3 Å². The van der Waals surface area contributed by atoms with E-state index < -0.39 is 5.97 Å². The molecule has 1 N–H and O–H groups in total. The quantitative estimate of drug-likeness (QED) is 0.911. The molecule has 1 aromatic heterocycles. The number of hydrogen-bond acceptors (Lipinski definition) is 4. The van der Waals surface area contributed by atoms with Gasteiger partial charge in [0.25, 0.3) is 0 Å². The molecule has 0 aliphatic heterocycles. The molecule has 0 spiro atoms. The van der Waals surface area contributed by atoms with Gasteiger partial charge in [0, 0.05) is 5.56 Å². The van der Waals surface area contributed by atoms with Gasteiger partial charge in [-0.3, -0.25) is 0 Å². The van der Waals surface area contributed by atoms with Crippen LogP contribution in [0.4, 0.5) is 0 Å². The molecule has 0 unspecified atom stereocenters. The van der Waals surface area contributed by atoms with Crippen molar-refractivity contribution in [1.29, 1.82) is 0 Å². The third-order valence-corrected chi connectivity index (χ3v) is 3.94. The molecule has 2 rings (SSSR count). The van der Waals surface area contributed by atoms with Crippen LogP contribution < -0.4 is 0 Å². The van der Waals surface area contributed by atoms with Crippen LogP contribution >= 0.6 is 11.3 Å². The molecular formula is C15H17NO3S. The maximum atomic E-state index is 11.1. The van der Waals surface area contributed by atoms with Crippen molar-refractivity contribution in [3.05, 3.63) is 40.4 Å². The summed E-state index contributed by atoms with van der Waals surface area (Å²) in [7, 11) is 0. The van der Waals surface area contributed by atoms with E-state index >= 15 is 0 Å². The molecule has 1 aromatic carbocycles. The van der Waals surface area contributed by atoms with Crippen LogP contribution in [-0.2, 0) is 11.3 Å². The van der Waals surface area contributed by atoms with Gasteiger partial charge in [0.15, 0.2) is 0 Å². The van der Waals surface area contributed by atoms with Gasteiger partial charge < -0.3 is 9.84 Å². The molecule has 0 saturated carbocycles. The zero-order chi connectivity index (χ0) is 14.7. The Balaban J connectivity index is 2.26. The third kappa shape index (κ3) is 3.43. The number of nitrogens with zero attached hydrogens (tertiary/aromatic N) is 1. The third-order valence-electron chi connectivity index (χ3n) is 2.75. The fraction of sp³-hybridized carbons (Fsp3) is 0.333. The van der Waals surface area contributed by atoms with E-state index in [4.69, 9.17) is 9.84 Å². The molecule has 4 nitrogen and oxygen atoms in total. The van der Waals surface area contributed by atoms with E-state index in [2.05, 4.69) is 4.98 Å². The minimum absolute atomic E-state index is 0.180. The SMILES string of the molecule is Cc1nc(-c2cccc(COC(C)C)c2)sc1C(=O)O. The molecule has 0 radical (unpaired) electrons. The lowest BCUT2D eigenvalue weighted by Crippen LogP contribution is -2.02. The van der Waals surface area contributed by atoms with E-state index in [9.17, 15) is 4.79 Å². The van der Waals surface area contributed by atoms with Crippen molar-refractivity contribution in [2.75, 3.05) is 0 Å². The molecule has 2 aromatic rings. The number of carboxylic acid groups (broad SMARTS) is 1. The zero-order valence-electron chi connectivity index (χ0n) is 11.7. The van der Waals surface area contributed by atoms with Crippen molar-refractivity contribution < 1.29 is 14.6 Å². The summed E-state index contributed by atoms with van der Waals surface area (Å²) in [6.45, 7) is 6.25. The summed E-state index contributed by atoms with van der Waals surface area (Å²) in [6.07, 6.45) is 0.180. The van der Waals surface area contributed by atoms with Crippen molar-refractivity contribution in [1.82, 2.24) is 4.98 Å². The average molecular weight is 291 g/mol. The first-order valence-electron chi connectivity index (χ1n) is 6.39. The van der Waals surface area contributed by atoms with Crippen molar-refractivity contribution in [2.24, 2.45) is 0 Å². The molecule has 106 valence electrons. The Labute approximate surface area is 122 Å². The van der Waals surface area contributed by atoms with Crippen LogP contribution in [0.2, 0.25) is 0 Å². The second-order valence-electron chi connectivity index (χ2n) is 4.80. The Hall–Kier alpha value is -1.72. The molecule has 0 aliphatic carbocycles. The lowest BCUT2D eigenvalue weighted by Gasteiger charge is -2.08. The number of benzene rings is 1. The van der Waals surface area contributed by atoms with E-state index in [1.165, 1.54) is 11.3 Å². The van der Waals surface area contributed by atoms with Crippen LogP contribution in [0.25, 0.3) is 10.6 Å². The second kappa shape index (κ2) is 6.15. The molecule has 0 fully saturated rings. The first kappa shape index (κ1) is 14.7. The Bertz CT molecular complexity index is 619. The summed E-state index contributed by atoms with van der Waals surface area (Å²) in [6, 6.07) is 7.85. The number of aromatic nitrogens is 1. The minimum atomic E-state index is -0.925. The van der Waals surface area contributed by atoms with Crippen LogP contribution in [0.3, 0.4) is 0 Å². The largest absolute Gasteiger partial charge is 0.477 e. The first-order valence-corrected chi connectivity index (χ1v) is 7.20. The molecular weight excluding hydrogens is 274 g/mol. The molecule has 20 heavy (non-hydrogen) atoms. The number of ether oxygens (including phenoxy) is 1. The summed E-state index contributed by atoms with van der Waals surface area (Å²) in [5, 5.41) is 9.80. The number of carboxylic acids is 1. The number of carbonyl (C=O) groups is 1. The smallest absolute Gasteiger partial charge is 0.347 e. The fourth-order valence-corrected chi connectivity index (χ4v) is 2.68. The number of hydrogen-bond donors (Lipinski definition) is 1. The molecule has 0 bridgehead atoms. The van der Waals surface area contributed by atoms with Gasteiger partial charge in [-0.05, 0) is 32.4 Å². The van der Waals surface area contributed by atoms with Crippen LogP contribution in [0, 0.1) is 6.92 Å². The highest BCUT2D eigenvalue weighted by Gasteiger charge is 2.15. The van der Waals surface area contributed by atoms with Crippen molar-refractivity contribution >= 4 is 17.3 Å². The van der Waals surface area contributed by atoms with Gasteiger partial charge in [0.1, 0.15) is 9.88 Å². The Kier molecular flexibility index (Phi) is 4.52. The summed E-state index contributed by atoms with van der Waals surface area (Å²) in [4.78, 5) is 15.7. The fourth-order valence-electron chi connectivity index (χ4n) is 1.78. The number of thiazole rings is 1. The summed E-state index contributed by atoms with van der Waals surface area (Å²) >= 11 is 1.20. The van der Waals surface area contributed by atoms with Crippen molar-refractivity contribution in [2.45, 2.75) is 33.5 Å². The number of rotatable bonds is 5. The van der Waals surface area contributed by atoms with E-state index in [-0.39, 0.29) is 6.10 Å². The highest BCUT2D eigenvalue weighted by atomic mass is 32.1. The molecule has 0 aliphatic rings. The maximum absolute atomic E-state index is 11.1. The topological polar surface area (TPSA) is 59.4 Å². The van der Waals surface area contributed by atoms with Gasteiger partial charge >= 0.3 is 5.97 Å². The Morgan fingerprint density at radius 1 is 1.45 bits per heavy atom. The Morgan fingerprint density at radius 3 is 2.80 bits per heavy atom. The second-order valence-corrected chi connectivity index (χ2v) is 5.80. The minimum Gasteiger partial charge on any atom is -0.477 e. The first-order chi connectivity index (χ1) is 9.47. The number of aryl methyl sites for hydroxylation is 1. The summed E-state index contributed by atoms with van der Waals surface area (Å²) < 4.78 is 5.57. The van der Waals surface area contributed by atoms with E-state index in [1.54, 1.807) is 6.92 Å². The molecule has 0 amide bonds. The number of aromatic carboxylic acids is 1. The van der Waals surface area contributed by atoms with Gasteiger partial charge in [0.2, 0.25) is 0 Å². The van der Waals surface area contributed by atoms with E-state index in [1.807, 2.05) is 38.1 Å². The lowest BCUT2D eigenvalue weighted by atomic mass is 10.1. The van der Waals surface area contributed by atoms with Crippen LogP contribution in [0.1, 0.15) is 34.8 Å². The highest BCUT2D eigenvalue weighted by Crippen LogP contribution is 2.28. The predicted octanol–water partition coefficient (Wildman–Crippen LogP) is 3.74. The van der Waals surface area contributed by atoms with Gasteiger partial charge in [-0.2, -0.15) is 0 Å². The molecule has 0 atom stereocenters. The summed E-state index contributed by atoms with van der Waals surface area (Å²) in [5.74, 6) is -0.925. The lowest BCUT2D eigenvalue weighted by molar-refractivity contribution is 0.0657. The molecule has 0 saturated heterocycles. The van der Waals surface area contributed by atoms with Gasteiger partial charge in [-0.1, -0.05) is 18.2 Å². The zero-order valence-corrected chi connectivity index (χ0v) is 12.5. The van der Waals surface area contributed by atoms with Crippen LogP contribution in [-0.4, -0.2) is 22.2 Å². The normalized spacial score (nSPS) is 11.0. The highest BCUT2D eigenvalue weighted by molar-refractivity contribution is 7.17. The average Bonchev–Trinajstić information content (AvgIpc) is 2.79. The van der Waals surface area contributed by atoms with Crippen molar-refractivity contribution in [3.8, 4) is 10.6 Å². The molecule has 1 heterocycles.